The number of ether oxygens (including phenoxy) is 2. The second-order valence-electron chi connectivity index (χ2n) is 3.97. The maximum absolute atomic E-state index is 5.47. The number of aromatic nitrogens is 3. The van der Waals surface area contributed by atoms with Crippen LogP contribution in [0.15, 0.2) is 0 Å². The van der Waals surface area contributed by atoms with Gasteiger partial charge in [0.2, 0.25) is 5.95 Å². The van der Waals surface area contributed by atoms with Gasteiger partial charge in [-0.2, -0.15) is 9.97 Å². The highest BCUT2D eigenvalue weighted by Crippen LogP contribution is 2.12. The van der Waals surface area contributed by atoms with Gasteiger partial charge < -0.3 is 9.47 Å². The molecule has 8 heteroatoms. The Bertz CT molecular complexity index is 360. The molecule has 2 rings (SSSR count). The summed E-state index contributed by atoms with van der Waals surface area (Å²) in [6.07, 6.45) is 2.53. The summed E-state index contributed by atoms with van der Waals surface area (Å²) in [6.45, 7) is 3.69. The van der Waals surface area contributed by atoms with E-state index in [-0.39, 0.29) is 18.0 Å². The molecular weight excluding hydrogens is 236 g/mol. The molecule has 0 unspecified atom stereocenters. The fraction of sp³-hybridized carbons (Fsp3) is 0.700. The van der Waals surface area contributed by atoms with E-state index in [1.165, 1.54) is 20.0 Å². The van der Waals surface area contributed by atoms with E-state index in [0.717, 1.165) is 19.6 Å². The van der Waals surface area contributed by atoms with Crippen LogP contribution in [0.3, 0.4) is 0 Å². The van der Waals surface area contributed by atoms with Gasteiger partial charge in [0, 0.05) is 6.54 Å². The Kier molecular flexibility index (Phi) is 4.48. The number of likely N-dealkylation sites (tertiary alicyclic amines) is 1. The summed E-state index contributed by atoms with van der Waals surface area (Å²) in [5.74, 6) is 5.47. The van der Waals surface area contributed by atoms with Gasteiger partial charge in [0.15, 0.2) is 0 Å². The van der Waals surface area contributed by atoms with Gasteiger partial charge in [0.1, 0.15) is 6.61 Å². The summed E-state index contributed by atoms with van der Waals surface area (Å²) < 4.78 is 10.4. The van der Waals surface area contributed by atoms with Crippen molar-refractivity contribution < 1.29 is 9.47 Å². The Labute approximate surface area is 105 Å². The van der Waals surface area contributed by atoms with E-state index in [2.05, 4.69) is 25.3 Å². The van der Waals surface area contributed by atoms with E-state index in [1.54, 1.807) is 0 Å². The predicted molar refractivity (Wildman–Crippen MR) is 65.4 cm³/mol. The van der Waals surface area contributed by atoms with Crippen molar-refractivity contribution in [1.82, 2.24) is 19.9 Å². The van der Waals surface area contributed by atoms with E-state index < -0.39 is 0 Å². The average Bonchev–Trinajstić information content (AvgIpc) is 2.91. The summed E-state index contributed by atoms with van der Waals surface area (Å²) in [6, 6.07) is 0.392. The molecule has 18 heavy (non-hydrogen) atoms. The van der Waals surface area contributed by atoms with E-state index in [4.69, 9.17) is 15.3 Å². The van der Waals surface area contributed by atoms with Crippen LogP contribution in [-0.4, -0.2) is 53.2 Å². The largest absolute Gasteiger partial charge is 0.467 e. The van der Waals surface area contributed by atoms with Crippen molar-refractivity contribution in [2.45, 2.75) is 12.8 Å². The lowest BCUT2D eigenvalue weighted by Crippen LogP contribution is -2.25. The van der Waals surface area contributed by atoms with Crippen LogP contribution in [0, 0.1) is 0 Å². The molecule has 1 fully saturated rings. The molecule has 1 aromatic rings. The molecule has 0 spiro atoms. The normalized spacial score (nSPS) is 15.7. The summed E-state index contributed by atoms with van der Waals surface area (Å²) >= 11 is 0. The first-order chi connectivity index (χ1) is 8.81. The molecule has 8 nitrogen and oxygen atoms in total. The minimum absolute atomic E-state index is 0.175. The van der Waals surface area contributed by atoms with Crippen molar-refractivity contribution >= 4 is 5.95 Å². The molecule has 3 N–H and O–H groups in total. The van der Waals surface area contributed by atoms with Crippen molar-refractivity contribution in [2.75, 3.05) is 38.8 Å². The molecule has 0 bridgehead atoms. The van der Waals surface area contributed by atoms with Crippen LogP contribution in [0.5, 0.6) is 12.0 Å². The zero-order chi connectivity index (χ0) is 12.8. The second kappa shape index (κ2) is 6.31. The van der Waals surface area contributed by atoms with Gasteiger partial charge in [-0.1, -0.05) is 0 Å². The van der Waals surface area contributed by atoms with E-state index in [9.17, 15) is 0 Å². The fourth-order valence-electron chi connectivity index (χ4n) is 1.83. The lowest BCUT2D eigenvalue weighted by atomic mass is 10.4. The highest BCUT2D eigenvalue weighted by Gasteiger charge is 2.12. The summed E-state index contributed by atoms with van der Waals surface area (Å²) in [7, 11) is 1.48. The smallest absolute Gasteiger partial charge is 0.324 e. The molecule has 0 radical (unpaired) electrons. The van der Waals surface area contributed by atoms with Gasteiger partial charge in [0.05, 0.1) is 7.11 Å². The van der Waals surface area contributed by atoms with Gasteiger partial charge in [-0.15, -0.1) is 4.98 Å². The molecule has 1 aromatic heterocycles. The maximum atomic E-state index is 5.47. The van der Waals surface area contributed by atoms with Crippen LogP contribution < -0.4 is 20.7 Å². The fourth-order valence-corrected chi connectivity index (χ4v) is 1.83. The molecule has 0 aliphatic carbocycles. The topological polar surface area (TPSA) is 98.4 Å². The quantitative estimate of drug-likeness (QED) is 0.524. The van der Waals surface area contributed by atoms with Gasteiger partial charge in [-0.05, 0) is 25.9 Å². The molecule has 0 aromatic carbocycles. The van der Waals surface area contributed by atoms with Crippen molar-refractivity contribution in [2.24, 2.45) is 5.84 Å². The number of nitrogen functional groups attached to an aromatic ring is 1. The second-order valence-corrected chi connectivity index (χ2v) is 3.97. The van der Waals surface area contributed by atoms with Crippen LogP contribution in [0.1, 0.15) is 12.8 Å². The van der Waals surface area contributed by atoms with Crippen molar-refractivity contribution in [3.05, 3.63) is 0 Å². The molecule has 100 valence electrons. The van der Waals surface area contributed by atoms with Crippen LogP contribution in [0.25, 0.3) is 0 Å². The molecule has 2 heterocycles. The average molecular weight is 254 g/mol. The molecule has 0 atom stereocenters. The Morgan fingerprint density at radius 1 is 1.22 bits per heavy atom. The van der Waals surface area contributed by atoms with Crippen molar-refractivity contribution in [3.8, 4) is 12.0 Å². The highest BCUT2D eigenvalue weighted by molar-refractivity contribution is 5.25. The monoisotopic (exact) mass is 254 g/mol. The van der Waals surface area contributed by atoms with Gasteiger partial charge in [-0.25, -0.2) is 5.84 Å². The lowest BCUT2D eigenvalue weighted by Gasteiger charge is -2.14. The number of rotatable bonds is 6. The van der Waals surface area contributed by atoms with E-state index in [1.807, 2.05) is 0 Å². The van der Waals surface area contributed by atoms with Gasteiger partial charge >= 0.3 is 12.0 Å². The number of hydrazine groups is 1. The summed E-state index contributed by atoms with van der Waals surface area (Å²) in [5.41, 5.74) is 2.34. The Morgan fingerprint density at radius 2 is 1.94 bits per heavy atom. The number of nitrogens with two attached hydrogens (primary N) is 1. The number of hydrogen-bond donors (Lipinski definition) is 2. The predicted octanol–water partition coefficient (Wildman–Crippen LogP) is -0.360. The van der Waals surface area contributed by atoms with Crippen LogP contribution >= 0.6 is 0 Å². The lowest BCUT2D eigenvalue weighted by molar-refractivity contribution is 0.222. The Hall–Kier alpha value is -1.67. The zero-order valence-corrected chi connectivity index (χ0v) is 10.4. The third kappa shape index (κ3) is 3.41. The van der Waals surface area contributed by atoms with E-state index >= 15 is 0 Å². The van der Waals surface area contributed by atoms with Gasteiger partial charge in [-0.3, -0.25) is 10.3 Å². The molecule has 0 amide bonds. The van der Waals surface area contributed by atoms with Crippen molar-refractivity contribution in [1.29, 1.82) is 0 Å². The molecule has 1 aliphatic heterocycles. The first-order valence-electron chi connectivity index (χ1n) is 5.93. The summed E-state index contributed by atoms with van der Waals surface area (Å²) in [5, 5.41) is 0. The molecular formula is C10H18N6O2. The number of anilines is 1. The Morgan fingerprint density at radius 3 is 2.61 bits per heavy atom. The first-order valence-corrected chi connectivity index (χ1v) is 5.93. The zero-order valence-electron chi connectivity index (χ0n) is 10.4. The standard InChI is InChI=1S/C10H18N6O2/c1-17-9-12-8(15-11)13-10(14-9)18-7-6-16-4-2-3-5-16/h2-7,11H2,1H3,(H,12,13,14,15). The van der Waals surface area contributed by atoms with Crippen LogP contribution in [-0.2, 0) is 0 Å². The number of nitrogens with one attached hydrogen (secondary N) is 1. The number of hydrogen-bond acceptors (Lipinski definition) is 8. The summed E-state index contributed by atoms with van der Waals surface area (Å²) in [4.78, 5) is 14.2. The Balaban J connectivity index is 1.87. The van der Waals surface area contributed by atoms with Crippen molar-refractivity contribution in [3.63, 3.8) is 0 Å². The SMILES string of the molecule is COc1nc(NN)nc(OCCN2CCCC2)n1. The minimum atomic E-state index is 0.175. The first kappa shape index (κ1) is 12.8. The maximum Gasteiger partial charge on any atom is 0.324 e. The van der Waals surface area contributed by atoms with Crippen LogP contribution in [0.4, 0.5) is 5.95 Å². The highest BCUT2D eigenvalue weighted by atomic mass is 16.5. The third-order valence-electron chi connectivity index (χ3n) is 2.74. The molecule has 1 saturated heterocycles. The minimum Gasteiger partial charge on any atom is -0.467 e. The number of nitrogens with zero attached hydrogens (tertiary/aromatic N) is 4. The molecule has 1 aliphatic rings. The van der Waals surface area contributed by atoms with Crippen LogP contribution in [0.2, 0.25) is 0 Å². The van der Waals surface area contributed by atoms with E-state index in [0.29, 0.717) is 6.61 Å². The third-order valence-corrected chi connectivity index (χ3v) is 2.74. The van der Waals surface area contributed by atoms with Gasteiger partial charge in [0.25, 0.3) is 0 Å². The molecule has 0 saturated carbocycles. The number of methoxy groups -OCH3 is 1.